The number of anilines is 1. The first-order valence-corrected chi connectivity index (χ1v) is 8.40. The summed E-state index contributed by atoms with van der Waals surface area (Å²) in [7, 11) is 0. The lowest BCUT2D eigenvalue weighted by atomic mass is 9.96. The molecule has 5 N–H and O–H groups in total. The maximum atomic E-state index is 12.0. The summed E-state index contributed by atoms with van der Waals surface area (Å²) in [6.07, 6.45) is -5.42. The van der Waals surface area contributed by atoms with E-state index in [1.54, 1.807) is 12.1 Å². The van der Waals surface area contributed by atoms with E-state index in [1.165, 1.54) is 19.9 Å². The van der Waals surface area contributed by atoms with Crippen LogP contribution in [0.3, 0.4) is 0 Å². The molecule has 0 spiro atoms. The maximum absolute atomic E-state index is 12.0. The number of rotatable bonds is 4. The van der Waals surface area contributed by atoms with Crippen LogP contribution in [0.25, 0.3) is 11.0 Å². The van der Waals surface area contributed by atoms with Crippen LogP contribution >= 0.6 is 0 Å². The highest BCUT2D eigenvalue weighted by Gasteiger charge is 2.43. The number of hydrogen-bond acceptors (Lipinski definition) is 9. The lowest BCUT2D eigenvalue weighted by molar-refractivity contribution is -0.245. The standard InChI is InChI=1S/C18H21NO8/c1-7-13(8(2)21)10-4-3-9(5-11(10)26-17(7)24)19-14-16(23)15(22)12(6-20)27-18(14)25/h3-5,12,14-16,18-20,22-23,25H,6H2,1-2H3/t12?,14?,15-,16-,18-/m0/s1. The molecule has 2 unspecified atom stereocenters. The minimum absolute atomic E-state index is 0.162. The SMILES string of the molecule is CC(=O)c1c(C)c(=O)oc2cc(NC3[C@@H](O)OC(CO)[C@H](O)[C@H]3O)ccc12. The fourth-order valence-electron chi connectivity index (χ4n) is 3.28. The molecule has 27 heavy (non-hydrogen) atoms. The van der Waals surface area contributed by atoms with Gasteiger partial charge in [0, 0.05) is 28.3 Å². The van der Waals surface area contributed by atoms with Crippen LogP contribution in [0.15, 0.2) is 27.4 Å². The van der Waals surface area contributed by atoms with Gasteiger partial charge in [0.1, 0.15) is 29.9 Å². The van der Waals surface area contributed by atoms with E-state index in [1.807, 2.05) is 0 Å². The Morgan fingerprint density at radius 1 is 1.22 bits per heavy atom. The second-order valence-corrected chi connectivity index (χ2v) is 6.56. The van der Waals surface area contributed by atoms with Crippen LogP contribution in [-0.2, 0) is 4.74 Å². The molecule has 0 amide bonds. The molecular formula is C18H21NO8. The molecule has 1 aliphatic heterocycles. The topological polar surface area (TPSA) is 149 Å². The molecule has 0 saturated carbocycles. The van der Waals surface area contributed by atoms with Crippen molar-refractivity contribution >= 4 is 22.4 Å². The quantitative estimate of drug-likeness (QED) is 0.350. The van der Waals surface area contributed by atoms with E-state index in [-0.39, 0.29) is 22.5 Å². The summed E-state index contributed by atoms with van der Waals surface area (Å²) in [4.78, 5) is 23.9. The molecular weight excluding hydrogens is 358 g/mol. The highest BCUT2D eigenvalue weighted by Crippen LogP contribution is 2.27. The molecule has 146 valence electrons. The number of aliphatic hydroxyl groups excluding tert-OH is 4. The third-order valence-corrected chi connectivity index (χ3v) is 4.72. The molecule has 0 aliphatic carbocycles. The summed E-state index contributed by atoms with van der Waals surface area (Å²) in [6.45, 7) is 2.31. The normalized spacial score (nSPS) is 28.3. The average Bonchev–Trinajstić information content (AvgIpc) is 2.62. The number of fused-ring (bicyclic) bond motifs is 1. The van der Waals surface area contributed by atoms with E-state index < -0.39 is 42.9 Å². The van der Waals surface area contributed by atoms with Gasteiger partial charge >= 0.3 is 5.63 Å². The predicted octanol–water partition coefficient (Wildman–Crippen LogP) is -0.484. The predicted molar refractivity (Wildman–Crippen MR) is 94.6 cm³/mol. The van der Waals surface area contributed by atoms with Crippen molar-refractivity contribution in [3.05, 3.63) is 39.7 Å². The molecule has 5 atom stereocenters. The van der Waals surface area contributed by atoms with Gasteiger partial charge < -0.3 is 34.9 Å². The van der Waals surface area contributed by atoms with E-state index in [9.17, 15) is 24.9 Å². The van der Waals surface area contributed by atoms with Gasteiger partial charge in [0.15, 0.2) is 12.1 Å². The summed E-state index contributed by atoms with van der Waals surface area (Å²) < 4.78 is 10.3. The largest absolute Gasteiger partial charge is 0.422 e. The minimum atomic E-state index is -1.49. The Hall–Kier alpha value is -2.30. The summed E-state index contributed by atoms with van der Waals surface area (Å²) in [6, 6.07) is 3.52. The molecule has 2 aromatic rings. The van der Waals surface area contributed by atoms with Crippen molar-refractivity contribution < 1.29 is 34.4 Å². The molecule has 3 rings (SSSR count). The zero-order valence-corrected chi connectivity index (χ0v) is 14.7. The van der Waals surface area contributed by atoms with Crippen LogP contribution in [0.2, 0.25) is 0 Å². The summed E-state index contributed by atoms with van der Waals surface area (Å²) >= 11 is 0. The zero-order chi connectivity index (χ0) is 19.9. The van der Waals surface area contributed by atoms with Crippen LogP contribution in [0.5, 0.6) is 0 Å². The molecule has 1 saturated heterocycles. The Balaban J connectivity index is 1.96. The van der Waals surface area contributed by atoms with E-state index in [4.69, 9.17) is 14.3 Å². The molecule has 0 bridgehead atoms. The number of ether oxygens (including phenoxy) is 1. The highest BCUT2D eigenvalue weighted by atomic mass is 16.6. The van der Waals surface area contributed by atoms with Crippen LogP contribution in [-0.4, -0.2) is 63.5 Å². The van der Waals surface area contributed by atoms with E-state index in [0.29, 0.717) is 11.1 Å². The van der Waals surface area contributed by atoms with E-state index in [0.717, 1.165) is 0 Å². The third-order valence-electron chi connectivity index (χ3n) is 4.72. The maximum Gasteiger partial charge on any atom is 0.339 e. The van der Waals surface area contributed by atoms with Crippen molar-refractivity contribution in [1.82, 2.24) is 0 Å². The first kappa shape index (κ1) is 19.5. The van der Waals surface area contributed by atoms with Crippen LogP contribution in [0.1, 0.15) is 22.8 Å². The molecule has 1 aromatic carbocycles. The van der Waals surface area contributed by atoms with Crippen LogP contribution < -0.4 is 10.9 Å². The van der Waals surface area contributed by atoms with Gasteiger partial charge in [-0.3, -0.25) is 4.79 Å². The average molecular weight is 379 g/mol. The van der Waals surface area contributed by atoms with Crippen molar-refractivity contribution in [1.29, 1.82) is 0 Å². The molecule has 1 fully saturated rings. The lowest BCUT2D eigenvalue weighted by Gasteiger charge is -2.40. The first-order valence-electron chi connectivity index (χ1n) is 8.40. The van der Waals surface area contributed by atoms with Crippen LogP contribution in [0, 0.1) is 6.92 Å². The minimum Gasteiger partial charge on any atom is -0.422 e. The van der Waals surface area contributed by atoms with Crippen molar-refractivity contribution in [2.75, 3.05) is 11.9 Å². The van der Waals surface area contributed by atoms with E-state index >= 15 is 0 Å². The second-order valence-electron chi connectivity index (χ2n) is 6.56. The van der Waals surface area contributed by atoms with Gasteiger partial charge in [0.2, 0.25) is 0 Å². The number of carbonyl (C=O) groups excluding carboxylic acids is 1. The smallest absolute Gasteiger partial charge is 0.339 e. The molecule has 1 aromatic heterocycles. The third kappa shape index (κ3) is 3.47. The lowest BCUT2D eigenvalue weighted by Crippen LogP contribution is -2.61. The number of aliphatic hydroxyl groups is 4. The monoisotopic (exact) mass is 379 g/mol. The van der Waals surface area contributed by atoms with Gasteiger partial charge in [0.05, 0.1) is 6.61 Å². The summed E-state index contributed by atoms with van der Waals surface area (Å²) in [5.41, 5.74) is 0.392. The highest BCUT2D eigenvalue weighted by molar-refractivity contribution is 6.07. The summed E-state index contributed by atoms with van der Waals surface area (Å²) in [5.74, 6) is -0.268. The number of benzene rings is 1. The Labute approximate surface area is 153 Å². The van der Waals surface area contributed by atoms with Crippen molar-refractivity contribution in [2.45, 2.75) is 44.5 Å². The number of hydrogen-bond donors (Lipinski definition) is 5. The Morgan fingerprint density at radius 3 is 2.56 bits per heavy atom. The number of nitrogens with one attached hydrogen (secondary N) is 1. The molecule has 2 heterocycles. The van der Waals surface area contributed by atoms with Gasteiger partial charge in [-0.25, -0.2) is 4.79 Å². The molecule has 9 heteroatoms. The Morgan fingerprint density at radius 2 is 1.93 bits per heavy atom. The molecule has 1 aliphatic rings. The Kier molecular flexibility index (Phi) is 5.31. The van der Waals surface area contributed by atoms with Crippen molar-refractivity contribution in [3.8, 4) is 0 Å². The zero-order valence-electron chi connectivity index (χ0n) is 14.7. The number of Topliss-reactive ketones (excluding diaryl/α,β-unsaturated/α-hetero) is 1. The van der Waals surface area contributed by atoms with Gasteiger partial charge in [-0.2, -0.15) is 0 Å². The second kappa shape index (κ2) is 7.37. The van der Waals surface area contributed by atoms with Crippen molar-refractivity contribution in [3.63, 3.8) is 0 Å². The number of ketones is 1. The van der Waals surface area contributed by atoms with Gasteiger partial charge in [0.25, 0.3) is 0 Å². The molecule has 9 nitrogen and oxygen atoms in total. The first-order chi connectivity index (χ1) is 12.7. The van der Waals surface area contributed by atoms with Gasteiger partial charge in [-0.1, -0.05) is 0 Å². The molecule has 0 radical (unpaired) electrons. The van der Waals surface area contributed by atoms with Crippen LogP contribution in [0.4, 0.5) is 5.69 Å². The van der Waals surface area contributed by atoms with E-state index in [2.05, 4.69) is 5.32 Å². The fraction of sp³-hybridized carbons (Fsp3) is 0.444. The number of carbonyl (C=O) groups is 1. The van der Waals surface area contributed by atoms with Gasteiger partial charge in [-0.15, -0.1) is 0 Å². The fourth-order valence-corrected chi connectivity index (χ4v) is 3.28. The van der Waals surface area contributed by atoms with Gasteiger partial charge in [-0.05, 0) is 26.0 Å². The van der Waals surface area contributed by atoms with Crippen molar-refractivity contribution in [2.24, 2.45) is 0 Å². The Bertz CT molecular complexity index is 923. The summed E-state index contributed by atoms with van der Waals surface area (Å²) in [5, 5.41) is 42.6.